The predicted molar refractivity (Wildman–Crippen MR) is 98.9 cm³/mol. The number of ether oxygens (including phenoxy) is 2. The van der Waals surface area contributed by atoms with E-state index in [9.17, 15) is 9.59 Å². The lowest BCUT2D eigenvalue weighted by molar-refractivity contribution is -0.141. The zero-order valence-electron chi connectivity index (χ0n) is 14.2. The van der Waals surface area contributed by atoms with Gasteiger partial charge in [0, 0.05) is 10.6 Å². The normalized spacial score (nSPS) is 13.7. The van der Waals surface area contributed by atoms with Crippen LogP contribution in [0.15, 0.2) is 54.1 Å². The van der Waals surface area contributed by atoms with Crippen LogP contribution in [0.4, 0.5) is 0 Å². The first kappa shape index (κ1) is 18.0. The quantitative estimate of drug-likeness (QED) is 0.816. The minimum atomic E-state index is -0.488. The number of carbonyl (C=O) groups is 2. The average molecular weight is 372 g/mol. The van der Waals surface area contributed by atoms with Crippen molar-refractivity contribution in [3.05, 3.63) is 70.3 Å². The van der Waals surface area contributed by atoms with E-state index in [2.05, 4.69) is 5.32 Å². The van der Waals surface area contributed by atoms with Crippen molar-refractivity contribution in [1.29, 1.82) is 0 Å². The molecule has 2 aromatic carbocycles. The first-order valence-corrected chi connectivity index (χ1v) is 8.50. The van der Waals surface area contributed by atoms with Gasteiger partial charge in [-0.2, -0.15) is 0 Å². The van der Waals surface area contributed by atoms with Gasteiger partial charge in [0.2, 0.25) is 0 Å². The standard InChI is InChI=1S/C20H18ClNO4/c1-25-19(23)11-17(13-5-3-2-4-6-13)22-20(24)15-9-14-10-16(21)7-8-18(14)26-12-15/h2-10,17H,11-12H2,1H3,(H,22,24)/t17-/m0/s1. The van der Waals surface area contributed by atoms with Crippen molar-refractivity contribution >= 4 is 29.6 Å². The molecular weight excluding hydrogens is 354 g/mol. The Bertz CT molecular complexity index is 848. The lowest BCUT2D eigenvalue weighted by Gasteiger charge is -2.22. The Morgan fingerprint density at radius 3 is 2.73 bits per heavy atom. The number of carbonyl (C=O) groups excluding carboxylic acids is 2. The molecule has 0 radical (unpaired) electrons. The maximum Gasteiger partial charge on any atom is 0.307 e. The van der Waals surface area contributed by atoms with E-state index in [4.69, 9.17) is 21.1 Å². The number of hydrogen-bond acceptors (Lipinski definition) is 4. The van der Waals surface area contributed by atoms with Gasteiger partial charge in [-0.1, -0.05) is 41.9 Å². The SMILES string of the molecule is COC(=O)C[C@H](NC(=O)C1=Cc2cc(Cl)ccc2OC1)c1ccccc1. The van der Waals surface area contributed by atoms with Gasteiger partial charge >= 0.3 is 5.97 Å². The second-order valence-corrected chi connectivity index (χ2v) is 6.29. The van der Waals surface area contributed by atoms with Crippen molar-refractivity contribution in [3.8, 4) is 5.75 Å². The molecule has 5 nitrogen and oxygen atoms in total. The molecule has 1 atom stereocenters. The minimum Gasteiger partial charge on any atom is -0.488 e. The van der Waals surface area contributed by atoms with Gasteiger partial charge < -0.3 is 14.8 Å². The minimum absolute atomic E-state index is 0.0445. The van der Waals surface area contributed by atoms with Crippen LogP contribution in [0.25, 0.3) is 6.08 Å². The molecule has 0 aromatic heterocycles. The molecule has 2 aromatic rings. The predicted octanol–water partition coefficient (Wildman–Crippen LogP) is 3.54. The third-order valence-electron chi connectivity index (χ3n) is 4.08. The summed E-state index contributed by atoms with van der Waals surface area (Å²) >= 11 is 6.00. The topological polar surface area (TPSA) is 64.6 Å². The summed E-state index contributed by atoms with van der Waals surface area (Å²) < 4.78 is 10.4. The Hall–Kier alpha value is -2.79. The molecule has 26 heavy (non-hydrogen) atoms. The molecule has 3 rings (SSSR count). The zero-order chi connectivity index (χ0) is 18.5. The molecule has 134 valence electrons. The highest BCUT2D eigenvalue weighted by atomic mass is 35.5. The maximum atomic E-state index is 12.7. The van der Waals surface area contributed by atoms with E-state index in [-0.39, 0.29) is 18.9 Å². The molecule has 0 bridgehead atoms. The van der Waals surface area contributed by atoms with E-state index in [1.54, 1.807) is 24.3 Å². The average Bonchev–Trinajstić information content (AvgIpc) is 2.67. The molecular formula is C20H18ClNO4. The summed E-state index contributed by atoms with van der Waals surface area (Å²) in [7, 11) is 1.32. The Labute approximate surface area is 156 Å². The van der Waals surface area contributed by atoms with Gasteiger partial charge in [-0.15, -0.1) is 0 Å². The highest BCUT2D eigenvalue weighted by Gasteiger charge is 2.23. The number of fused-ring (bicyclic) bond motifs is 1. The molecule has 0 aliphatic carbocycles. The molecule has 1 heterocycles. The summed E-state index contributed by atoms with van der Waals surface area (Å²) in [5.74, 6) is -0.0151. The van der Waals surface area contributed by atoms with E-state index in [0.717, 1.165) is 11.1 Å². The second kappa shape index (κ2) is 8.06. The first-order valence-electron chi connectivity index (χ1n) is 8.12. The van der Waals surface area contributed by atoms with Crippen molar-refractivity contribution < 1.29 is 19.1 Å². The fourth-order valence-electron chi connectivity index (χ4n) is 2.72. The van der Waals surface area contributed by atoms with Crippen molar-refractivity contribution in [2.75, 3.05) is 13.7 Å². The van der Waals surface area contributed by atoms with Crippen molar-refractivity contribution in [2.24, 2.45) is 0 Å². The summed E-state index contributed by atoms with van der Waals surface area (Å²) in [6, 6.07) is 14.1. The summed E-state index contributed by atoms with van der Waals surface area (Å²) in [6.45, 7) is 0.153. The van der Waals surface area contributed by atoms with Crippen molar-refractivity contribution in [1.82, 2.24) is 5.32 Å². The number of halogens is 1. The van der Waals surface area contributed by atoms with E-state index in [0.29, 0.717) is 16.3 Å². The summed E-state index contributed by atoms with van der Waals surface area (Å²) in [4.78, 5) is 24.4. The number of methoxy groups -OCH3 is 1. The van der Waals surface area contributed by atoms with E-state index < -0.39 is 12.0 Å². The van der Waals surface area contributed by atoms with Crippen LogP contribution in [0.1, 0.15) is 23.6 Å². The fraction of sp³-hybridized carbons (Fsp3) is 0.200. The highest BCUT2D eigenvalue weighted by Crippen LogP contribution is 2.29. The Kier molecular flexibility index (Phi) is 5.58. The summed E-state index contributed by atoms with van der Waals surface area (Å²) in [5.41, 5.74) is 2.04. The molecule has 1 amide bonds. The van der Waals surface area contributed by atoms with Crippen LogP contribution in [0.2, 0.25) is 5.02 Å². The van der Waals surface area contributed by atoms with Crippen LogP contribution >= 0.6 is 11.6 Å². The molecule has 0 unspecified atom stereocenters. The lowest BCUT2D eigenvalue weighted by atomic mass is 10.0. The lowest BCUT2D eigenvalue weighted by Crippen LogP contribution is -2.33. The number of esters is 1. The highest BCUT2D eigenvalue weighted by molar-refractivity contribution is 6.30. The number of rotatable bonds is 5. The van der Waals surface area contributed by atoms with Gasteiger partial charge in [0.05, 0.1) is 25.1 Å². The van der Waals surface area contributed by atoms with Gasteiger partial charge in [0.25, 0.3) is 5.91 Å². The van der Waals surface area contributed by atoms with Crippen LogP contribution in [-0.2, 0) is 14.3 Å². The second-order valence-electron chi connectivity index (χ2n) is 5.86. The van der Waals surface area contributed by atoms with Crippen LogP contribution in [0.3, 0.4) is 0 Å². The third-order valence-corrected chi connectivity index (χ3v) is 4.32. The number of nitrogens with one attached hydrogen (secondary N) is 1. The molecule has 0 saturated heterocycles. The van der Waals surface area contributed by atoms with Gasteiger partial charge in [-0.3, -0.25) is 9.59 Å². The first-order chi connectivity index (χ1) is 12.6. The van der Waals surface area contributed by atoms with Crippen LogP contribution in [0.5, 0.6) is 5.75 Å². The molecule has 0 fully saturated rings. The number of benzene rings is 2. The smallest absolute Gasteiger partial charge is 0.307 e. The Morgan fingerprint density at radius 1 is 1.23 bits per heavy atom. The number of amides is 1. The summed E-state index contributed by atoms with van der Waals surface area (Å²) in [6.07, 6.45) is 1.79. The van der Waals surface area contributed by atoms with Crippen molar-refractivity contribution in [2.45, 2.75) is 12.5 Å². The maximum absolute atomic E-state index is 12.7. The summed E-state index contributed by atoms with van der Waals surface area (Å²) in [5, 5.41) is 3.46. The van der Waals surface area contributed by atoms with Gasteiger partial charge in [0.1, 0.15) is 12.4 Å². The largest absolute Gasteiger partial charge is 0.488 e. The van der Waals surface area contributed by atoms with E-state index in [1.165, 1.54) is 7.11 Å². The van der Waals surface area contributed by atoms with Gasteiger partial charge in [-0.25, -0.2) is 0 Å². The Morgan fingerprint density at radius 2 is 2.00 bits per heavy atom. The van der Waals surface area contributed by atoms with E-state index >= 15 is 0 Å². The monoisotopic (exact) mass is 371 g/mol. The van der Waals surface area contributed by atoms with Crippen LogP contribution in [-0.4, -0.2) is 25.6 Å². The molecule has 1 N–H and O–H groups in total. The molecule has 6 heteroatoms. The third kappa shape index (κ3) is 4.24. The molecule has 1 aliphatic rings. The van der Waals surface area contributed by atoms with Crippen LogP contribution < -0.4 is 10.1 Å². The van der Waals surface area contributed by atoms with E-state index in [1.807, 2.05) is 30.3 Å². The Balaban J connectivity index is 1.80. The zero-order valence-corrected chi connectivity index (χ0v) is 15.0. The van der Waals surface area contributed by atoms with Gasteiger partial charge in [-0.05, 0) is 29.8 Å². The fourth-order valence-corrected chi connectivity index (χ4v) is 2.90. The molecule has 0 spiro atoms. The molecule has 1 aliphatic heterocycles. The molecule has 0 saturated carbocycles. The number of hydrogen-bond donors (Lipinski definition) is 1. The van der Waals surface area contributed by atoms with Gasteiger partial charge in [0.15, 0.2) is 0 Å². The van der Waals surface area contributed by atoms with Crippen LogP contribution in [0, 0.1) is 0 Å². The van der Waals surface area contributed by atoms with Crippen molar-refractivity contribution in [3.63, 3.8) is 0 Å².